The van der Waals surface area contributed by atoms with Gasteiger partial charge in [0.05, 0.1) is 23.5 Å². The predicted octanol–water partition coefficient (Wildman–Crippen LogP) is 3.02. The molecule has 1 aliphatic heterocycles. The molecule has 1 amide bonds. The highest BCUT2D eigenvalue weighted by molar-refractivity contribution is 7.14. The number of rotatable bonds is 4. The number of carbonyl (C=O) groups is 1. The minimum Gasteiger partial charge on any atom is -0.507 e. The molecule has 134 valence electrons. The van der Waals surface area contributed by atoms with E-state index >= 15 is 0 Å². The number of benzene rings is 1. The van der Waals surface area contributed by atoms with Crippen LogP contribution in [0.3, 0.4) is 0 Å². The van der Waals surface area contributed by atoms with Gasteiger partial charge in [-0.15, -0.1) is 11.3 Å². The lowest BCUT2D eigenvalue weighted by Crippen LogP contribution is -2.44. The summed E-state index contributed by atoms with van der Waals surface area (Å²) in [7, 11) is 0. The van der Waals surface area contributed by atoms with E-state index in [0.29, 0.717) is 5.13 Å². The SMILES string of the molecule is Cc1ccc(C(=O)Nc2nc(CN3CC(C)OC(C)C3)cs2)c(O)c1. The Morgan fingerprint density at radius 2 is 2.12 bits per heavy atom. The second-order valence-electron chi connectivity index (χ2n) is 6.57. The molecule has 0 radical (unpaired) electrons. The van der Waals surface area contributed by atoms with E-state index < -0.39 is 0 Å². The summed E-state index contributed by atoms with van der Waals surface area (Å²) >= 11 is 1.39. The Morgan fingerprint density at radius 3 is 2.80 bits per heavy atom. The van der Waals surface area contributed by atoms with Crippen LogP contribution in [0.5, 0.6) is 5.75 Å². The van der Waals surface area contributed by atoms with E-state index in [0.717, 1.165) is 30.9 Å². The number of nitrogens with one attached hydrogen (secondary N) is 1. The summed E-state index contributed by atoms with van der Waals surface area (Å²) in [5.41, 5.74) is 2.08. The summed E-state index contributed by atoms with van der Waals surface area (Å²) in [6.45, 7) is 8.50. The second kappa shape index (κ2) is 7.51. The summed E-state index contributed by atoms with van der Waals surface area (Å²) in [4.78, 5) is 19.1. The van der Waals surface area contributed by atoms with E-state index in [1.165, 1.54) is 11.3 Å². The van der Waals surface area contributed by atoms with Crippen molar-refractivity contribution in [2.45, 2.75) is 39.5 Å². The van der Waals surface area contributed by atoms with Gasteiger partial charge in [-0.25, -0.2) is 4.98 Å². The van der Waals surface area contributed by atoms with Gasteiger partial charge in [0, 0.05) is 25.0 Å². The fourth-order valence-corrected chi connectivity index (χ4v) is 3.77. The number of aryl methyl sites for hydroxylation is 1. The molecule has 1 aromatic heterocycles. The van der Waals surface area contributed by atoms with Crippen molar-refractivity contribution in [1.29, 1.82) is 0 Å². The topological polar surface area (TPSA) is 74.7 Å². The maximum absolute atomic E-state index is 12.3. The maximum Gasteiger partial charge on any atom is 0.261 e. The molecule has 6 nitrogen and oxygen atoms in total. The molecule has 25 heavy (non-hydrogen) atoms. The highest BCUT2D eigenvalue weighted by Gasteiger charge is 2.23. The van der Waals surface area contributed by atoms with Crippen LogP contribution in [0, 0.1) is 6.92 Å². The first-order valence-electron chi connectivity index (χ1n) is 8.34. The third-order valence-electron chi connectivity index (χ3n) is 4.05. The van der Waals surface area contributed by atoms with Crippen LogP contribution < -0.4 is 5.32 Å². The Hall–Kier alpha value is -1.96. The summed E-state index contributed by atoms with van der Waals surface area (Å²) in [6.07, 6.45) is 0.428. The number of aromatic hydroxyl groups is 1. The molecule has 3 rings (SSSR count). The number of nitrogens with zero attached hydrogens (tertiary/aromatic N) is 2. The van der Waals surface area contributed by atoms with Gasteiger partial charge in [0.2, 0.25) is 0 Å². The first-order valence-corrected chi connectivity index (χ1v) is 9.22. The number of thiazole rings is 1. The zero-order chi connectivity index (χ0) is 18.0. The van der Waals surface area contributed by atoms with Gasteiger partial charge < -0.3 is 9.84 Å². The minimum absolute atomic E-state index is 0.0226. The molecule has 2 unspecified atom stereocenters. The summed E-state index contributed by atoms with van der Waals surface area (Å²) in [5.74, 6) is -0.377. The number of morpholine rings is 1. The number of hydrogen-bond acceptors (Lipinski definition) is 6. The predicted molar refractivity (Wildman–Crippen MR) is 98.2 cm³/mol. The Bertz CT molecular complexity index is 752. The quantitative estimate of drug-likeness (QED) is 0.876. The lowest BCUT2D eigenvalue weighted by molar-refractivity contribution is -0.0707. The molecule has 2 atom stereocenters. The number of phenolic OH excluding ortho intramolecular Hbond substituents is 1. The standard InChI is InChI=1S/C18H23N3O3S/c1-11-4-5-15(16(22)6-11)17(23)20-18-19-14(10-25-18)9-21-7-12(2)24-13(3)8-21/h4-6,10,12-13,22H,7-9H2,1-3H3,(H,19,20,23). The largest absolute Gasteiger partial charge is 0.507 e. The maximum atomic E-state index is 12.3. The number of anilines is 1. The molecular weight excluding hydrogens is 338 g/mol. The van der Waals surface area contributed by atoms with E-state index in [1.807, 2.05) is 12.3 Å². The van der Waals surface area contributed by atoms with Gasteiger partial charge >= 0.3 is 0 Å². The Labute approximate surface area is 151 Å². The molecule has 0 spiro atoms. The highest BCUT2D eigenvalue weighted by atomic mass is 32.1. The third kappa shape index (κ3) is 4.56. The van der Waals surface area contributed by atoms with Crippen LogP contribution in [0.15, 0.2) is 23.6 Å². The monoisotopic (exact) mass is 361 g/mol. The molecule has 0 bridgehead atoms. The van der Waals surface area contributed by atoms with Gasteiger partial charge in [0.1, 0.15) is 5.75 Å². The van der Waals surface area contributed by atoms with E-state index in [9.17, 15) is 9.90 Å². The van der Waals surface area contributed by atoms with E-state index in [1.54, 1.807) is 18.2 Å². The number of ether oxygens (including phenoxy) is 1. The molecule has 1 saturated heterocycles. The van der Waals surface area contributed by atoms with E-state index in [4.69, 9.17) is 4.74 Å². The molecule has 0 saturated carbocycles. The lowest BCUT2D eigenvalue weighted by Gasteiger charge is -2.34. The normalized spacial score (nSPS) is 21.2. The number of amides is 1. The van der Waals surface area contributed by atoms with Crippen LogP contribution in [0.25, 0.3) is 0 Å². The molecule has 7 heteroatoms. The Morgan fingerprint density at radius 1 is 1.40 bits per heavy atom. The number of aromatic nitrogens is 1. The van der Waals surface area contributed by atoms with Crippen molar-refractivity contribution in [3.63, 3.8) is 0 Å². The molecule has 1 fully saturated rings. The zero-order valence-electron chi connectivity index (χ0n) is 14.7. The van der Waals surface area contributed by atoms with E-state index in [2.05, 4.69) is 29.0 Å². The molecular formula is C18H23N3O3S. The molecule has 1 aromatic carbocycles. The molecule has 2 aromatic rings. The molecule has 2 N–H and O–H groups in total. The van der Waals surface area contributed by atoms with Crippen molar-refractivity contribution in [1.82, 2.24) is 9.88 Å². The molecule has 1 aliphatic rings. The van der Waals surface area contributed by atoms with Gasteiger partial charge in [0.15, 0.2) is 5.13 Å². The van der Waals surface area contributed by atoms with Gasteiger partial charge in [-0.2, -0.15) is 0 Å². The van der Waals surface area contributed by atoms with Gasteiger partial charge in [-0.3, -0.25) is 15.0 Å². The average Bonchev–Trinajstić information content (AvgIpc) is 2.92. The summed E-state index contributed by atoms with van der Waals surface area (Å²) < 4.78 is 5.74. The average molecular weight is 361 g/mol. The van der Waals surface area contributed by atoms with Gasteiger partial charge in [0.25, 0.3) is 5.91 Å². The van der Waals surface area contributed by atoms with E-state index in [-0.39, 0.29) is 29.4 Å². The lowest BCUT2D eigenvalue weighted by atomic mass is 10.1. The highest BCUT2D eigenvalue weighted by Crippen LogP contribution is 2.23. The fourth-order valence-electron chi connectivity index (χ4n) is 3.08. The summed E-state index contributed by atoms with van der Waals surface area (Å²) in [6, 6.07) is 4.98. The Kier molecular flexibility index (Phi) is 5.36. The van der Waals surface area contributed by atoms with Crippen molar-refractivity contribution < 1.29 is 14.6 Å². The van der Waals surface area contributed by atoms with Crippen molar-refractivity contribution in [3.8, 4) is 5.75 Å². The van der Waals surface area contributed by atoms with Crippen LogP contribution >= 0.6 is 11.3 Å². The fraction of sp³-hybridized carbons (Fsp3) is 0.444. The van der Waals surface area contributed by atoms with Gasteiger partial charge in [-0.05, 0) is 38.5 Å². The summed E-state index contributed by atoms with van der Waals surface area (Å²) in [5, 5.41) is 15.2. The van der Waals surface area contributed by atoms with Gasteiger partial charge in [-0.1, -0.05) is 6.07 Å². The van der Waals surface area contributed by atoms with Crippen molar-refractivity contribution in [2.75, 3.05) is 18.4 Å². The zero-order valence-corrected chi connectivity index (χ0v) is 15.5. The number of carbonyl (C=O) groups excluding carboxylic acids is 1. The molecule has 2 heterocycles. The van der Waals surface area contributed by atoms with Crippen LogP contribution in [0.2, 0.25) is 0 Å². The van der Waals surface area contributed by atoms with Crippen LogP contribution in [-0.4, -0.2) is 46.2 Å². The smallest absolute Gasteiger partial charge is 0.261 e. The van der Waals surface area contributed by atoms with Crippen molar-refractivity contribution in [2.24, 2.45) is 0 Å². The third-order valence-corrected chi connectivity index (χ3v) is 4.86. The molecule has 0 aliphatic carbocycles. The first kappa shape index (κ1) is 17.8. The minimum atomic E-state index is -0.355. The van der Waals surface area contributed by atoms with Crippen LogP contribution in [0.4, 0.5) is 5.13 Å². The van der Waals surface area contributed by atoms with Crippen molar-refractivity contribution in [3.05, 3.63) is 40.4 Å². The van der Waals surface area contributed by atoms with Crippen LogP contribution in [0.1, 0.15) is 35.5 Å². The number of hydrogen-bond donors (Lipinski definition) is 2. The van der Waals surface area contributed by atoms with Crippen LogP contribution in [-0.2, 0) is 11.3 Å². The second-order valence-corrected chi connectivity index (χ2v) is 7.43. The van der Waals surface area contributed by atoms with Crippen molar-refractivity contribution >= 4 is 22.4 Å². The Balaban J connectivity index is 1.62. The first-order chi connectivity index (χ1) is 11.9. The number of phenols is 1.